The van der Waals surface area contributed by atoms with Crippen LogP contribution in [-0.4, -0.2) is 48.8 Å². The number of carbonyl (C=O) groups excluding carboxylic acids is 1. The molecule has 5 nitrogen and oxygen atoms in total. The summed E-state index contributed by atoms with van der Waals surface area (Å²) in [6, 6.07) is 3.02. The minimum absolute atomic E-state index is 0.0570. The highest BCUT2D eigenvalue weighted by Crippen LogP contribution is 2.19. The number of rotatable bonds is 2. The van der Waals surface area contributed by atoms with Crippen LogP contribution in [-0.2, 0) is 9.84 Å². The van der Waals surface area contributed by atoms with E-state index < -0.39 is 9.84 Å². The number of hydrogen-bond donors (Lipinski definition) is 0. The Morgan fingerprint density at radius 1 is 1.56 bits per heavy atom. The summed E-state index contributed by atoms with van der Waals surface area (Å²) in [7, 11) is -1.34. The summed E-state index contributed by atoms with van der Waals surface area (Å²) in [5, 5.41) is 0. The molecular weight excluding hydrogens is 320 g/mol. The molecule has 1 saturated heterocycles. The monoisotopic (exact) mass is 332 g/mol. The van der Waals surface area contributed by atoms with Crippen molar-refractivity contribution in [3.05, 3.63) is 28.5 Å². The molecule has 0 aromatic carbocycles. The molecule has 1 unspecified atom stereocenters. The van der Waals surface area contributed by atoms with Crippen LogP contribution in [0.1, 0.15) is 16.8 Å². The van der Waals surface area contributed by atoms with Gasteiger partial charge in [-0.25, -0.2) is 13.4 Å². The van der Waals surface area contributed by atoms with Crippen molar-refractivity contribution in [3.8, 4) is 0 Å². The summed E-state index contributed by atoms with van der Waals surface area (Å²) in [5.74, 6) is 0.0387. The number of aromatic nitrogens is 1. The lowest BCUT2D eigenvalue weighted by Gasteiger charge is -2.23. The Morgan fingerprint density at radius 2 is 2.28 bits per heavy atom. The van der Waals surface area contributed by atoms with Crippen LogP contribution in [0.25, 0.3) is 0 Å². The van der Waals surface area contributed by atoms with E-state index in [1.165, 1.54) is 11.1 Å². The molecule has 0 N–H and O–H groups in total. The summed E-state index contributed by atoms with van der Waals surface area (Å²) in [4.78, 5) is 17.6. The third-order valence-electron chi connectivity index (χ3n) is 3.05. The average molecular weight is 333 g/mol. The normalized spacial score (nSPS) is 21.8. The number of halogens is 1. The van der Waals surface area contributed by atoms with E-state index in [-0.39, 0.29) is 23.5 Å². The third-order valence-corrected chi connectivity index (χ3v) is 5.23. The second-order valence-corrected chi connectivity index (χ2v) is 7.38. The molecule has 1 atom stereocenters. The summed E-state index contributed by atoms with van der Waals surface area (Å²) >= 11 is 3.20. The van der Waals surface area contributed by atoms with Gasteiger partial charge in [-0.2, -0.15) is 0 Å². The van der Waals surface area contributed by atoms with E-state index >= 15 is 0 Å². The maximum atomic E-state index is 12.2. The lowest BCUT2D eigenvalue weighted by atomic mass is 10.2. The van der Waals surface area contributed by atoms with Gasteiger partial charge in [0.25, 0.3) is 5.91 Å². The van der Waals surface area contributed by atoms with Gasteiger partial charge in [0, 0.05) is 24.8 Å². The van der Waals surface area contributed by atoms with E-state index in [9.17, 15) is 13.2 Å². The van der Waals surface area contributed by atoms with Gasteiger partial charge in [0.2, 0.25) is 0 Å². The Hall–Kier alpha value is -0.950. The molecule has 1 aromatic heterocycles. The molecule has 0 aliphatic carbocycles. The summed E-state index contributed by atoms with van der Waals surface area (Å²) in [5.41, 5.74) is 0.503. The SMILES string of the molecule is CN(C(=O)c1ccnc(Br)c1)C1CCS(=O)(=O)C1. The van der Waals surface area contributed by atoms with E-state index in [0.717, 1.165) is 0 Å². The molecule has 2 rings (SSSR count). The number of nitrogens with zero attached hydrogens (tertiary/aromatic N) is 2. The zero-order valence-electron chi connectivity index (χ0n) is 9.84. The van der Waals surface area contributed by atoms with Gasteiger partial charge < -0.3 is 4.90 Å². The van der Waals surface area contributed by atoms with Crippen LogP contribution in [0.15, 0.2) is 22.9 Å². The quantitative estimate of drug-likeness (QED) is 0.760. The highest BCUT2D eigenvalue weighted by molar-refractivity contribution is 9.10. The lowest BCUT2D eigenvalue weighted by Crippen LogP contribution is -2.37. The molecule has 7 heteroatoms. The van der Waals surface area contributed by atoms with Crippen LogP contribution in [0.5, 0.6) is 0 Å². The number of carbonyl (C=O) groups is 1. The predicted molar refractivity (Wildman–Crippen MR) is 71.1 cm³/mol. The first-order valence-corrected chi connectivity index (χ1v) is 8.09. The van der Waals surface area contributed by atoms with Crippen molar-refractivity contribution in [2.45, 2.75) is 12.5 Å². The van der Waals surface area contributed by atoms with Gasteiger partial charge in [0.1, 0.15) is 4.60 Å². The van der Waals surface area contributed by atoms with Crippen LogP contribution < -0.4 is 0 Å². The highest BCUT2D eigenvalue weighted by atomic mass is 79.9. The smallest absolute Gasteiger partial charge is 0.254 e. The summed E-state index contributed by atoms with van der Waals surface area (Å²) in [6.45, 7) is 0. The molecule has 0 spiro atoms. The molecule has 1 aliphatic rings. The van der Waals surface area contributed by atoms with Crippen LogP contribution in [0, 0.1) is 0 Å². The van der Waals surface area contributed by atoms with E-state index in [1.54, 1.807) is 19.2 Å². The second-order valence-electron chi connectivity index (χ2n) is 4.34. The van der Waals surface area contributed by atoms with Crippen LogP contribution in [0.2, 0.25) is 0 Å². The van der Waals surface area contributed by atoms with Gasteiger partial charge in [-0.3, -0.25) is 4.79 Å². The first kappa shape index (κ1) is 13.5. The van der Waals surface area contributed by atoms with Crippen molar-refractivity contribution in [1.82, 2.24) is 9.88 Å². The maximum absolute atomic E-state index is 12.2. The zero-order valence-corrected chi connectivity index (χ0v) is 12.2. The molecule has 98 valence electrons. The molecule has 2 heterocycles. The van der Waals surface area contributed by atoms with E-state index in [4.69, 9.17) is 0 Å². The molecule has 0 radical (unpaired) electrons. The second kappa shape index (κ2) is 4.97. The molecule has 1 amide bonds. The third kappa shape index (κ3) is 2.89. The Kier molecular flexibility index (Phi) is 3.72. The van der Waals surface area contributed by atoms with Gasteiger partial charge in [-0.15, -0.1) is 0 Å². The van der Waals surface area contributed by atoms with Crippen LogP contribution >= 0.6 is 15.9 Å². The highest BCUT2D eigenvalue weighted by Gasteiger charge is 2.33. The van der Waals surface area contributed by atoms with Gasteiger partial charge in [-0.05, 0) is 34.5 Å². The fourth-order valence-electron chi connectivity index (χ4n) is 1.99. The number of pyridine rings is 1. The molecular formula is C11H13BrN2O3S. The molecule has 18 heavy (non-hydrogen) atoms. The van der Waals surface area contributed by atoms with Gasteiger partial charge >= 0.3 is 0 Å². The molecule has 1 fully saturated rings. The van der Waals surface area contributed by atoms with Crippen molar-refractivity contribution in [2.24, 2.45) is 0 Å². The van der Waals surface area contributed by atoms with Crippen molar-refractivity contribution >= 4 is 31.7 Å². The fourth-order valence-corrected chi connectivity index (χ4v) is 4.13. The van der Waals surface area contributed by atoms with Gasteiger partial charge in [-0.1, -0.05) is 0 Å². The first-order chi connectivity index (χ1) is 8.39. The van der Waals surface area contributed by atoms with Crippen LogP contribution in [0.3, 0.4) is 0 Å². The maximum Gasteiger partial charge on any atom is 0.254 e. The van der Waals surface area contributed by atoms with E-state index in [0.29, 0.717) is 16.6 Å². The van der Waals surface area contributed by atoms with Crippen molar-refractivity contribution < 1.29 is 13.2 Å². The lowest BCUT2D eigenvalue weighted by molar-refractivity contribution is 0.0747. The zero-order chi connectivity index (χ0) is 13.3. The fraction of sp³-hybridized carbons (Fsp3) is 0.455. The topological polar surface area (TPSA) is 67.3 Å². The first-order valence-electron chi connectivity index (χ1n) is 5.48. The number of amides is 1. The van der Waals surface area contributed by atoms with Crippen molar-refractivity contribution in [3.63, 3.8) is 0 Å². The van der Waals surface area contributed by atoms with Crippen LogP contribution in [0.4, 0.5) is 0 Å². The standard InChI is InChI=1S/C11H13BrN2O3S/c1-14(9-3-5-18(16,17)7-9)11(15)8-2-4-13-10(12)6-8/h2,4,6,9H,3,5,7H2,1H3. The minimum Gasteiger partial charge on any atom is -0.338 e. The Labute approximate surface area is 114 Å². The molecule has 1 aliphatic heterocycles. The van der Waals surface area contributed by atoms with E-state index in [2.05, 4.69) is 20.9 Å². The summed E-state index contributed by atoms with van der Waals surface area (Å²) < 4.78 is 23.4. The largest absolute Gasteiger partial charge is 0.338 e. The predicted octanol–water partition coefficient (Wildman–Crippen LogP) is 1.10. The Morgan fingerprint density at radius 3 is 2.83 bits per heavy atom. The van der Waals surface area contributed by atoms with E-state index in [1.807, 2.05) is 0 Å². The molecule has 0 bridgehead atoms. The minimum atomic E-state index is -2.98. The average Bonchev–Trinajstić information content (AvgIpc) is 2.68. The van der Waals surface area contributed by atoms with Crippen molar-refractivity contribution in [1.29, 1.82) is 0 Å². The number of hydrogen-bond acceptors (Lipinski definition) is 4. The Balaban J connectivity index is 2.15. The molecule has 0 saturated carbocycles. The van der Waals surface area contributed by atoms with Gasteiger partial charge in [0.15, 0.2) is 9.84 Å². The molecule has 1 aromatic rings. The van der Waals surface area contributed by atoms with Gasteiger partial charge in [0.05, 0.1) is 11.5 Å². The summed E-state index contributed by atoms with van der Waals surface area (Å²) in [6.07, 6.45) is 2.05. The number of sulfone groups is 1. The van der Waals surface area contributed by atoms with Crippen molar-refractivity contribution in [2.75, 3.05) is 18.6 Å². The Bertz CT molecular complexity index is 573.